The maximum atomic E-state index is 12.8. The van der Waals surface area contributed by atoms with Crippen molar-refractivity contribution >= 4 is 29.9 Å². The summed E-state index contributed by atoms with van der Waals surface area (Å²) in [6.07, 6.45) is 6.33. The van der Waals surface area contributed by atoms with E-state index >= 15 is 0 Å². The van der Waals surface area contributed by atoms with Crippen LogP contribution in [0.2, 0.25) is 5.02 Å². The number of aromatic nitrogens is 2. The van der Waals surface area contributed by atoms with Crippen molar-refractivity contribution in [3.05, 3.63) is 47.2 Å². The number of hydrogen-bond acceptors (Lipinski definition) is 3. The molecule has 2 bridgehead atoms. The van der Waals surface area contributed by atoms with Crippen LogP contribution in [0.3, 0.4) is 0 Å². The third-order valence-corrected chi connectivity index (χ3v) is 5.43. The molecule has 2 unspecified atom stereocenters. The summed E-state index contributed by atoms with van der Waals surface area (Å²) < 4.78 is 1.69. The molecule has 1 N–H and O–H groups in total. The normalized spacial score (nSPS) is 24.6. The summed E-state index contributed by atoms with van der Waals surface area (Å²) in [5.41, 5.74) is 1.33. The minimum atomic E-state index is -0.0120. The number of carbonyl (C=O) groups is 1. The van der Waals surface area contributed by atoms with Gasteiger partial charge in [0.25, 0.3) is 5.91 Å². The molecule has 2 saturated heterocycles. The lowest BCUT2D eigenvalue weighted by Crippen LogP contribution is -2.48. The second-order valence-corrected chi connectivity index (χ2v) is 7.24. The van der Waals surface area contributed by atoms with Gasteiger partial charge >= 0.3 is 0 Å². The maximum absolute atomic E-state index is 12.8. The van der Waals surface area contributed by atoms with E-state index in [9.17, 15) is 4.79 Å². The summed E-state index contributed by atoms with van der Waals surface area (Å²) >= 11 is 6.03. The van der Waals surface area contributed by atoms with E-state index in [4.69, 9.17) is 11.6 Å². The van der Waals surface area contributed by atoms with Crippen molar-refractivity contribution in [3.8, 4) is 5.69 Å². The van der Waals surface area contributed by atoms with E-state index in [0.717, 1.165) is 18.5 Å². The number of rotatable bonds is 3. The number of fused-ring (bicyclic) bond motifs is 2. The summed E-state index contributed by atoms with van der Waals surface area (Å²) in [5, 5.41) is 8.71. The lowest BCUT2D eigenvalue weighted by Gasteiger charge is -2.35. The van der Waals surface area contributed by atoms with Crippen LogP contribution in [-0.2, 0) is 0 Å². The van der Waals surface area contributed by atoms with Gasteiger partial charge in [-0.25, -0.2) is 4.68 Å². The fraction of sp³-hybridized carbons (Fsp3) is 0.444. The summed E-state index contributed by atoms with van der Waals surface area (Å²) in [5.74, 6) is -0.0120. The van der Waals surface area contributed by atoms with E-state index < -0.39 is 0 Å². The van der Waals surface area contributed by atoms with E-state index in [0.29, 0.717) is 28.8 Å². The zero-order chi connectivity index (χ0) is 16.7. The molecular weight excluding hydrogens is 359 g/mol. The molecule has 2 aliphatic rings. The fourth-order valence-corrected chi connectivity index (χ4v) is 4.07. The Morgan fingerprint density at radius 2 is 2.00 bits per heavy atom. The quantitative estimate of drug-likeness (QED) is 0.888. The summed E-state index contributed by atoms with van der Waals surface area (Å²) in [4.78, 5) is 14.7. The SMILES string of the molecule is CN(C(=O)c1ccn(-c2cccc(Cl)c2)n1)C1CC2CCC(C1)N2.Cl. The van der Waals surface area contributed by atoms with Crippen molar-refractivity contribution in [1.82, 2.24) is 20.0 Å². The number of piperidine rings is 1. The first-order valence-electron chi connectivity index (χ1n) is 8.45. The third kappa shape index (κ3) is 3.68. The number of nitrogens with zero attached hydrogens (tertiary/aromatic N) is 3. The molecule has 1 amide bonds. The van der Waals surface area contributed by atoms with Gasteiger partial charge in [-0.1, -0.05) is 17.7 Å². The lowest BCUT2D eigenvalue weighted by atomic mass is 9.98. The molecule has 134 valence electrons. The highest BCUT2D eigenvalue weighted by atomic mass is 35.5. The zero-order valence-electron chi connectivity index (χ0n) is 14.1. The van der Waals surface area contributed by atoms with E-state index in [2.05, 4.69) is 10.4 Å². The summed E-state index contributed by atoms with van der Waals surface area (Å²) in [6.45, 7) is 0. The average Bonchev–Trinajstić information content (AvgIpc) is 3.20. The molecule has 0 radical (unpaired) electrons. The number of hydrogen-bond donors (Lipinski definition) is 1. The largest absolute Gasteiger partial charge is 0.337 e. The molecule has 7 heteroatoms. The highest BCUT2D eigenvalue weighted by Gasteiger charge is 2.36. The number of amides is 1. The Kier molecular flexibility index (Phi) is 5.37. The number of carbonyl (C=O) groups excluding carboxylic acids is 1. The number of benzene rings is 1. The van der Waals surface area contributed by atoms with Crippen LogP contribution < -0.4 is 5.32 Å². The molecule has 0 spiro atoms. The van der Waals surface area contributed by atoms with Crippen molar-refractivity contribution in [2.45, 2.75) is 43.8 Å². The topological polar surface area (TPSA) is 50.2 Å². The molecule has 0 aliphatic carbocycles. The van der Waals surface area contributed by atoms with Gasteiger partial charge < -0.3 is 10.2 Å². The van der Waals surface area contributed by atoms with Gasteiger partial charge in [0.05, 0.1) is 5.69 Å². The van der Waals surface area contributed by atoms with Gasteiger partial charge in [0.1, 0.15) is 0 Å². The standard InChI is InChI=1S/C18H21ClN4O.ClH/c1-22(16-10-13-5-6-14(11-16)20-13)18(24)17-7-8-23(21-17)15-4-2-3-12(19)9-15;/h2-4,7-9,13-14,16,20H,5-6,10-11H2,1H3;1H. The predicted octanol–water partition coefficient (Wildman–Crippen LogP) is 3.30. The highest BCUT2D eigenvalue weighted by molar-refractivity contribution is 6.30. The first-order valence-corrected chi connectivity index (χ1v) is 8.83. The molecule has 0 saturated carbocycles. The Labute approximate surface area is 158 Å². The summed E-state index contributed by atoms with van der Waals surface area (Å²) in [6, 6.07) is 10.6. The van der Waals surface area contributed by atoms with Gasteiger partial charge in [-0.15, -0.1) is 12.4 Å². The molecule has 1 aromatic carbocycles. The van der Waals surface area contributed by atoms with E-state index in [1.54, 1.807) is 16.9 Å². The minimum Gasteiger partial charge on any atom is -0.337 e. The monoisotopic (exact) mass is 380 g/mol. The van der Waals surface area contributed by atoms with Crippen molar-refractivity contribution in [3.63, 3.8) is 0 Å². The molecule has 2 fully saturated rings. The van der Waals surface area contributed by atoms with Gasteiger partial charge in [-0.3, -0.25) is 4.79 Å². The van der Waals surface area contributed by atoms with Crippen LogP contribution in [0.5, 0.6) is 0 Å². The van der Waals surface area contributed by atoms with E-state index in [1.165, 1.54) is 12.8 Å². The van der Waals surface area contributed by atoms with Crippen molar-refractivity contribution in [2.75, 3.05) is 7.05 Å². The molecule has 5 nitrogen and oxygen atoms in total. The molecule has 2 aromatic rings. The van der Waals surface area contributed by atoms with Crippen LogP contribution >= 0.6 is 24.0 Å². The van der Waals surface area contributed by atoms with Gasteiger partial charge in [-0.2, -0.15) is 5.10 Å². The van der Waals surface area contributed by atoms with Crippen molar-refractivity contribution in [1.29, 1.82) is 0 Å². The smallest absolute Gasteiger partial charge is 0.274 e. The molecule has 3 heterocycles. The van der Waals surface area contributed by atoms with Gasteiger partial charge in [0.15, 0.2) is 5.69 Å². The molecular formula is C18H22Cl2N4O. The Hall–Kier alpha value is -1.56. The Morgan fingerprint density at radius 1 is 1.28 bits per heavy atom. The van der Waals surface area contributed by atoms with Crippen LogP contribution in [0.15, 0.2) is 36.5 Å². The third-order valence-electron chi connectivity index (χ3n) is 5.20. The number of halogens is 2. The van der Waals surface area contributed by atoms with Crippen LogP contribution in [-0.4, -0.2) is 45.8 Å². The maximum Gasteiger partial charge on any atom is 0.274 e. The van der Waals surface area contributed by atoms with Crippen molar-refractivity contribution in [2.24, 2.45) is 0 Å². The Morgan fingerprint density at radius 3 is 2.68 bits per heavy atom. The van der Waals surface area contributed by atoms with Crippen LogP contribution in [0, 0.1) is 0 Å². The van der Waals surface area contributed by atoms with Gasteiger partial charge in [-0.05, 0) is 49.9 Å². The van der Waals surface area contributed by atoms with Crippen LogP contribution in [0.4, 0.5) is 0 Å². The molecule has 25 heavy (non-hydrogen) atoms. The molecule has 2 atom stereocenters. The lowest BCUT2D eigenvalue weighted by molar-refractivity contribution is 0.0675. The average molecular weight is 381 g/mol. The fourth-order valence-electron chi connectivity index (χ4n) is 3.89. The number of nitrogens with one attached hydrogen (secondary N) is 1. The second kappa shape index (κ2) is 7.36. The first kappa shape index (κ1) is 18.2. The summed E-state index contributed by atoms with van der Waals surface area (Å²) in [7, 11) is 1.90. The van der Waals surface area contributed by atoms with Crippen LogP contribution in [0.1, 0.15) is 36.2 Å². The highest BCUT2D eigenvalue weighted by Crippen LogP contribution is 2.29. The van der Waals surface area contributed by atoms with Crippen LogP contribution in [0.25, 0.3) is 5.69 Å². The Bertz CT molecular complexity index is 751. The predicted molar refractivity (Wildman–Crippen MR) is 101 cm³/mol. The van der Waals surface area contributed by atoms with Gasteiger partial charge in [0.2, 0.25) is 0 Å². The van der Waals surface area contributed by atoms with Crippen molar-refractivity contribution < 1.29 is 4.79 Å². The molecule has 2 aliphatic heterocycles. The minimum absolute atomic E-state index is 0. The Balaban J connectivity index is 0.00000182. The first-order chi connectivity index (χ1) is 11.6. The van der Waals surface area contributed by atoms with Gasteiger partial charge in [0, 0.05) is 36.4 Å². The zero-order valence-corrected chi connectivity index (χ0v) is 15.6. The van der Waals surface area contributed by atoms with E-state index in [1.807, 2.05) is 36.2 Å². The second-order valence-electron chi connectivity index (χ2n) is 6.80. The van der Waals surface area contributed by atoms with E-state index in [-0.39, 0.29) is 18.3 Å². The molecule has 1 aromatic heterocycles. The molecule has 4 rings (SSSR count).